The Labute approximate surface area is 95.6 Å². The van der Waals surface area contributed by atoms with E-state index in [0.717, 1.165) is 6.20 Å². The lowest BCUT2D eigenvalue weighted by Gasteiger charge is -2.12. The number of hydrogen-bond donors (Lipinski definition) is 1. The average Bonchev–Trinajstić information content (AvgIpc) is 2.23. The van der Waals surface area contributed by atoms with Gasteiger partial charge in [0.25, 0.3) is 0 Å². The van der Waals surface area contributed by atoms with Gasteiger partial charge in [-0.3, -0.25) is 4.98 Å². The van der Waals surface area contributed by atoms with E-state index in [4.69, 9.17) is 5.73 Å². The van der Waals surface area contributed by atoms with Crippen molar-refractivity contribution in [2.45, 2.75) is 18.6 Å². The number of aromatic nitrogens is 1. The number of rotatable bonds is 5. The third kappa shape index (κ3) is 5.60. The summed E-state index contributed by atoms with van der Waals surface area (Å²) in [5.74, 6) is -0.533. The van der Waals surface area contributed by atoms with Gasteiger partial charge in [-0.05, 0) is 18.1 Å². The van der Waals surface area contributed by atoms with Crippen LogP contribution < -0.4 is 5.73 Å². The Hall–Kier alpha value is -1.21. The maximum absolute atomic E-state index is 12.8. The van der Waals surface area contributed by atoms with E-state index in [2.05, 4.69) is 9.72 Å². The molecule has 0 aliphatic carbocycles. The van der Waals surface area contributed by atoms with Gasteiger partial charge in [-0.2, -0.15) is 13.2 Å². The molecule has 0 amide bonds. The van der Waals surface area contributed by atoms with E-state index in [-0.39, 0.29) is 13.0 Å². The van der Waals surface area contributed by atoms with Gasteiger partial charge in [0, 0.05) is 18.8 Å². The first-order valence-corrected chi connectivity index (χ1v) is 4.89. The first-order valence-electron chi connectivity index (χ1n) is 4.89. The van der Waals surface area contributed by atoms with Crippen LogP contribution in [0.4, 0.5) is 17.6 Å². The molecule has 1 atom stereocenters. The highest BCUT2D eigenvalue weighted by Crippen LogP contribution is 2.17. The highest BCUT2D eigenvalue weighted by Gasteiger charge is 2.27. The van der Waals surface area contributed by atoms with Crippen LogP contribution in [-0.2, 0) is 4.74 Å². The van der Waals surface area contributed by atoms with Crippen molar-refractivity contribution >= 4 is 0 Å². The quantitative estimate of drug-likeness (QED) is 0.645. The second kappa shape index (κ2) is 5.92. The molecule has 0 fully saturated rings. The standard InChI is InChI=1S/C10H12F4N2O/c11-8-3-7(4-16-5-8)9(15)1-2-17-6-10(12,13)14/h3-5,9H,1-2,6,15H2. The Morgan fingerprint density at radius 2 is 2.06 bits per heavy atom. The molecule has 17 heavy (non-hydrogen) atoms. The molecule has 0 radical (unpaired) electrons. The van der Waals surface area contributed by atoms with E-state index in [0.29, 0.717) is 5.56 Å². The van der Waals surface area contributed by atoms with Crippen molar-refractivity contribution in [2.75, 3.05) is 13.2 Å². The number of halogens is 4. The summed E-state index contributed by atoms with van der Waals surface area (Å²) in [6, 6.07) is 0.605. The zero-order chi connectivity index (χ0) is 12.9. The van der Waals surface area contributed by atoms with Crippen LogP contribution >= 0.6 is 0 Å². The molecule has 0 aliphatic rings. The first kappa shape index (κ1) is 13.9. The third-order valence-corrected chi connectivity index (χ3v) is 1.99. The Morgan fingerprint density at radius 1 is 1.35 bits per heavy atom. The minimum atomic E-state index is -4.34. The minimum Gasteiger partial charge on any atom is -0.372 e. The van der Waals surface area contributed by atoms with Crippen molar-refractivity contribution in [2.24, 2.45) is 5.73 Å². The number of hydrogen-bond acceptors (Lipinski definition) is 3. The fraction of sp³-hybridized carbons (Fsp3) is 0.500. The minimum absolute atomic E-state index is 0.142. The summed E-state index contributed by atoms with van der Waals surface area (Å²) < 4.78 is 52.4. The second-order valence-corrected chi connectivity index (χ2v) is 3.50. The lowest BCUT2D eigenvalue weighted by atomic mass is 10.1. The topological polar surface area (TPSA) is 48.1 Å². The molecule has 1 aromatic heterocycles. The molecule has 0 saturated heterocycles. The maximum atomic E-state index is 12.8. The van der Waals surface area contributed by atoms with Gasteiger partial charge in [-0.1, -0.05) is 0 Å². The van der Waals surface area contributed by atoms with Crippen LogP contribution in [0.1, 0.15) is 18.0 Å². The summed E-state index contributed by atoms with van der Waals surface area (Å²) in [6.07, 6.45) is -1.78. The smallest absolute Gasteiger partial charge is 0.372 e. The van der Waals surface area contributed by atoms with Crippen LogP contribution in [-0.4, -0.2) is 24.4 Å². The Balaban J connectivity index is 2.33. The summed E-state index contributed by atoms with van der Waals surface area (Å²) in [4.78, 5) is 3.60. The second-order valence-electron chi connectivity index (χ2n) is 3.50. The van der Waals surface area contributed by atoms with Crippen molar-refractivity contribution in [1.82, 2.24) is 4.98 Å². The number of nitrogens with zero attached hydrogens (tertiary/aromatic N) is 1. The molecule has 0 saturated carbocycles. The molecule has 0 spiro atoms. The summed E-state index contributed by atoms with van der Waals surface area (Å²) >= 11 is 0. The van der Waals surface area contributed by atoms with Crippen molar-refractivity contribution in [3.8, 4) is 0 Å². The lowest BCUT2D eigenvalue weighted by molar-refractivity contribution is -0.174. The van der Waals surface area contributed by atoms with Crippen LogP contribution in [0.3, 0.4) is 0 Å². The first-order chi connectivity index (χ1) is 7.88. The fourth-order valence-electron chi connectivity index (χ4n) is 1.20. The van der Waals surface area contributed by atoms with Gasteiger partial charge >= 0.3 is 6.18 Å². The van der Waals surface area contributed by atoms with Gasteiger partial charge in [0.2, 0.25) is 0 Å². The van der Waals surface area contributed by atoms with Gasteiger partial charge in [0.15, 0.2) is 0 Å². The van der Waals surface area contributed by atoms with Crippen LogP contribution in [0.25, 0.3) is 0 Å². The molecule has 0 bridgehead atoms. The number of ether oxygens (including phenoxy) is 1. The molecule has 1 rings (SSSR count). The van der Waals surface area contributed by atoms with E-state index >= 15 is 0 Å². The SMILES string of the molecule is NC(CCOCC(F)(F)F)c1cncc(F)c1. The molecular weight excluding hydrogens is 240 g/mol. The summed E-state index contributed by atoms with van der Waals surface area (Å²) in [6.45, 7) is -1.45. The van der Waals surface area contributed by atoms with Crippen molar-refractivity contribution in [3.05, 3.63) is 29.8 Å². The Kier molecular flexibility index (Phi) is 4.83. The van der Waals surface area contributed by atoms with Crippen molar-refractivity contribution in [1.29, 1.82) is 0 Å². The molecule has 2 N–H and O–H groups in total. The largest absolute Gasteiger partial charge is 0.411 e. The summed E-state index contributed by atoms with van der Waals surface area (Å²) in [5.41, 5.74) is 6.08. The monoisotopic (exact) mass is 252 g/mol. The predicted octanol–water partition coefficient (Wildman–Crippen LogP) is 2.19. The Morgan fingerprint density at radius 3 is 2.65 bits per heavy atom. The van der Waals surface area contributed by atoms with Crippen molar-refractivity contribution < 1.29 is 22.3 Å². The molecule has 3 nitrogen and oxygen atoms in total. The van der Waals surface area contributed by atoms with Gasteiger partial charge in [0.05, 0.1) is 6.20 Å². The van der Waals surface area contributed by atoms with E-state index in [1.807, 2.05) is 0 Å². The van der Waals surface area contributed by atoms with Crippen LogP contribution in [0.15, 0.2) is 18.5 Å². The van der Waals surface area contributed by atoms with Crippen LogP contribution in [0.2, 0.25) is 0 Å². The summed E-state index contributed by atoms with van der Waals surface area (Å²) in [7, 11) is 0. The molecule has 1 heterocycles. The van der Waals surface area contributed by atoms with Crippen LogP contribution in [0.5, 0.6) is 0 Å². The summed E-state index contributed by atoms with van der Waals surface area (Å²) in [5, 5.41) is 0. The average molecular weight is 252 g/mol. The molecule has 1 unspecified atom stereocenters. The van der Waals surface area contributed by atoms with Gasteiger partial charge in [0.1, 0.15) is 12.4 Å². The highest BCUT2D eigenvalue weighted by atomic mass is 19.4. The van der Waals surface area contributed by atoms with E-state index in [1.165, 1.54) is 12.3 Å². The normalized spacial score (nSPS) is 13.7. The third-order valence-electron chi connectivity index (χ3n) is 1.99. The van der Waals surface area contributed by atoms with E-state index in [9.17, 15) is 17.6 Å². The molecular formula is C10H12F4N2O. The predicted molar refractivity (Wildman–Crippen MR) is 52.6 cm³/mol. The molecule has 96 valence electrons. The van der Waals surface area contributed by atoms with Gasteiger partial charge < -0.3 is 10.5 Å². The fourth-order valence-corrected chi connectivity index (χ4v) is 1.20. The molecule has 0 aliphatic heterocycles. The number of alkyl halides is 3. The van der Waals surface area contributed by atoms with E-state index < -0.39 is 24.6 Å². The zero-order valence-electron chi connectivity index (χ0n) is 8.88. The molecule has 1 aromatic rings. The number of nitrogens with two attached hydrogens (primary N) is 1. The van der Waals surface area contributed by atoms with Crippen LogP contribution in [0, 0.1) is 5.82 Å². The molecule has 0 aromatic carbocycles. The highest BCUT2D eigenvalue weighted by molar-refractivity contribution is 5.14. The maximum Gasteiger partial charge on any atom is 0.411 e. The zero-order valence-corrected chi connectivity index (χ0v) is 8.88. The van der Waals surface area contributed by atoms with Crippen molar-refractivity contribution in [3.63, 3.8) is 0 Å². The number of pyridine rings is 1. The van der Waals surface area contributed by atoms with Gasteiger partial charge in [-0.25, -0.2) is 4.39 Å². The lowest BCUT2D eigenvalue weighted by Crippen LogP contribution is -2.19. The Bertz CT molecular complexity index is 356. The van der Waals surface area contributed by atoms with E-state index in [1.54, 1.807) is 0 Å². The van der Waals surface area contributed by atoms with Gasteiger partial charge in [-0.15, -0.1) is 0 Å². The molecule has 7 heteroatoms.